The predicted molar refractivity (Wildman–Crippen MR) is 119 cm³/mol. The van der Waals surface area contributed by atoms with Gasteiger partial charge in [0.05, 0.1) is 12.7 Å². The van der Waals surface area contributed by atoms with Gasteiger partial charge in [0, 0.05) is 49.7 Å². The number of hydrogen-bond acceptors (Lipinski definition) is 7. The summed E-state index contributed by atoms with van der Waals surface area (Å²) in [7, 11) is 0. The first-order chi connectivity index (χ1) is 18.0. The third-order valence-electron chi connectivity index (χ3n) is 6.05. The molecule has 0 bridgehead atoms. The van der Waals surface area contributed by atoms with Crippen LogP contribution in [0.2, 0.25) is 0 Å². The Balaban J connectivity index is 0.000000317. The molecule has 0 saturated carbocycles. The Morgan fingerprint density at radius 1 is 1.08 bits per heavy atom. The maximum Gasteiger partial charge on any atom is 0.490 e. The zero-order chi connectivity index (χ0) is 29.5. The molecule has 17 heteroatoms. The van der Waals surface area contributed by atoms with Crippen molar-refractivity contribution in [1.29, 1.82) is 0 Å². The van der Waals surface area contributed by atoms with Crippen LogP contribution in [-0.2, 0) is 16.1 Å². The molecule has 2 fully saturated rings. The summed E-state index contributed by atoms with van der Waals surface area (Å²) >= 11 is 0. The second-order valence-corrected chi connectivity index (χ2v) is 9.01. The van der Waals surface area contributed by atoms with Crippen molar-refractivity contribution in [3.8, 4) is 0 Å². The number of carboxylic acid groups (broad SMARTS) is 2. The molecule has 0 aromatic carbocycles. The average Bonchev–Trinajstić information content (AvgIpc) is 3.59. The van der Waals surface area contributed by atoms with Crippen molar-refractivity contribution >= 4 is 17.8 Å². The molecular weight excluding hydrogens is 544 g/mol. The van der Waals surface area contributed by atoms with E-state index in [9.17, 15) is 31.1 Å². The number of hydrogen-bond donors (Lipinski definition) is 2. The van der Waals surface area contributed by atoms with E-state index in [0.29, 0.717) is 29.8 Å². The zero-order valence-electron chi connectivity index (χ0n) is 20.8. The molecule has 2 aromatic rings. The van der Waals surface area contributed by atoms with Crippen LogP contribution in [0, 0.1) is 5.92 Å². The van der Waals surface area contributed by atoms with E-state index in [0.717, 1.165) is 32.5 Å². The number of amides is 1. The smallest absolute Gasteiger partial charge is 0.475 e. The van der Waals surface area contributed by atoms with Crippen molar-refractivity contribution in [2.45, 2.75) is 63.7 Å². The summed E-state index contributed by atoms with van der Waals surface area (Å²) < 4.78 is 70.5. The van der Waals surface area contributed by atoms with E-state index in [4.69, 9.17) is 24.3 Å². The molecule has 2 aliphatic heterocycles. The first kappa shape index (κ1) is 31.6. The Hall–Kier alpha value is -3.63. The highest BCUT2D eigenvalue weighted by atomic mass is 19.4. The molecule has 0 aliphatic carbocycles. The number of aromatic nitrogens is 3. The summed E-state index contributed by atoms with van der Waals surface area (Å²) in [5.74, 6) is -4.71. The normalized spacial score (nSPS) is 21.4. The van der Waals surface area contributed by atoms with Crippen molar-refractivity contribution in [2.24, 2.45) is 5.92 Å². The van der Waals surface area contributed by atoms with Gasteiger partial charge in [-0.25, -0.2) is 9.59 Å². The van der Waals surface area contributed by atoms with E-state index < -0.39 is 24.3 Å². The van der Waals surface area contributed by atoms with Gasteiger partial charge in [0.1, 0.15) is 0 Å². The van der Waals surface area contributed by atoms with Gasteiger partial charge in [-0.15, -0.1) is 0 Å². The van der Waals surface area contributed by atoms with E-state index in [1.54, 1.807) is 6.07 Å². The lowest BCUT2D eigenvalue weighted by molar-refractivity contribution is -0.193. The van der Waals surface area contributed by atoms with Gasteiger partial charge in [-0.3, -0.25) is 14.4 Å². The minimum absolute atomic E-state index is 0.0393. The third-order valence-corrected chi connectivity index (χ3v) is 6.05. The Morgan fingerprint density at radius 2 is 1.67 bits per heavy atom. The molecule has 2 N–H and O–H groups in total. The van der Waals surface area contributed by atoms with Crippen molar-refractivity contribution in [1.82, 2.24) is 24.7 Å². The van der Waals surface area contributed by atoms with Gasteiger partial charge in [0.2, 0.25) is 5.76 Å². The molecule has 0 radical (unpaired) electrons. The van der Waals surface area contributed by atoms with Gasteiger partial charge in [-0.2, -0.15) is 31.4 Å². The van der Waals surface area contributed by atoms with Crippen LogP contribution in [0.5, 0.6) is 0 Å². The van der Waals surface area contributed by atoms with Gasteiger partial charge in [0.25, 0.3) is 5.91 Å². The molecule has 0 spiro atoms. The summed E-state index contributed by atoms with van der Waals surface area (Å²) in [5, 5.41) is 22.3. The molecule has 4 heterocycles. The molecule has 11 nitrogen and oxygen atoms in total. The minimum atomic E-state index is -5.08. The number of rotatable bonds is 4. The standard InChI is InChI=1S/C18H25N5O2.2C2HF3O2/c1-13(2)23-15(12-22-8-3-6-19-22)10-14-11-21(9-5-16(14)23)18(24)17-4-7-20-25-17;2*3-2(4,5)1(6)7/h3-4,6-8,13-16H,5,9-12H2,1-2H3;2*(H,6,7)/t14-,15+,16+;;/m1../s1. The molecule has 3 atom stereocenters. The Morgan fingerprint density at radius 3 is 2.10 bits per heavy atom. The van der Waals surface area contributed by atoms with Gasteiger partial charge >= 0.3 is 24.3 Å². The molecule has 2 aromatic heterocycles. The Bertz CT molecular complexity index is 1050. The van der Waals surface area contributed by atoms with Crippen molar-refractivity contribution in [2.75, 3.05) is 13.1 Å². The van der Waals surface area contributed by atoms with E-state index in [1.165, 1.54) is 6.20 Å². The first-order valence-corrected chi connectivity index (χ1v) is 11.6. The van der Waals surface area contributed by atoms with Crippen LogP contribution in [0.15, 0.2) is 35.2 Å². The number of alkyl halides is 6. The van der Waals surface area contributed by atoms with Crippen LogP contribution in [0.1, 0.15) is 37.2 Å². The molecule has 4 rings (SSSR count). The van der Waals surface area contributed by atoms with Crippen LogP contribution in [0.25, 0.3) is 0 Å². The number of carboxylic acids is 2. The number of carbonyl (C=O) groups excluding carboxylic acids is 1. The van der Waals surface area contributed by atoms with E-state index in [2.05, 4.69) is 29.0 Å². The fourth-order valence-corrected chi connectivity index (χ4v) is 4.65. The maximum atomic E-state index is 12.6. The summed E-state index contributed by atoms with van der Waals surface area (Å²) in [5.41, 5.74) is 0. The Kier molecular flexibility index (Phi) is 10.5. The van der Waals surface area contributed by atoms with E-state index in [1.807, 2.05) is 28.0 Å². The lowest BCUT2D eigenvalue weighted by Gasteiger charge is -2.40. The molecule has 218 valence electrons. The van der Waals surface area contributed by atoms with Crippen LogP contribution >= 0.6 is 0 Å². The number of piperidine rings is 1. The molecule has 2 aliphatic rings. The summed E-state index contributed by atoms with van der Waals surface area (Å²) in [6.07, 6.45) is -2.67. The summed E-state index contributed by atoms with van der Waals surface area (Å²) in [6, 6.07) is 5.12. The lowest BCUT2D eigenvalue weighted by Crippen LogP contribution is -2.50. The highest BCUT2D eigenvalue weighted by Crippen LogP contribution is 2.38. The van der Waals surface area contributed by atoms with E-state index in [-0.39, 0.29) is 5.91 Å². The number of nitrogens with zero attached hydrogens (tertiary/aromatic N) is 5. The number of halogens is 6. The van der Waals surface area contributed by atoms with Crippen LogP contribution in [0.3, 0.4) is 0 Å². The monoisotopic (exact) mass is 571 g/mol. The number of aliphatic carboxylic acids is 2. The lowest BCUT2D eigenvalue weighted by atomic mass is 9.91. The molecular formula is C22H27F6N5O6. The largest absolute Gasteiger partial charge is 0.490 e. The van der Waals surface area contributed by atoms with Crippen molar-refractivity contribution in [3.63, 3.8) is 0 Å². The van der Waals surface area contributed by atoms with Gasteiger partial charge in [-0.1, -0.05) is 5.16 Å². The van der Waals surface area contributed by atoms with Gasteiger partial charge < -0.3 is 19.6 Å². The number of likely N-dealkylation sites (tertiary alicyclic amines) is 2. The second kappa shape index (κ2) is 12.9. The number of carbonyl (C=O) groups is 3. The second-order valence-electron chi connectivity index (χ2n) is 9.01. The van der Waals surface area contributed by atoms with Crippen LogP contribution < -0.4 is 0 Å². The molecule has 2 saturated heterocycles. The summed E-state index contributed by atoms with van der Waals surface area (Å²) in [4.78, 5) is 34.9. The third kappa shape index (κ3) is 8.97. The average molecular weight is 571 g/mol. The molecule has 1 amide bonds. The van der Waals surface area contributed by atoms with Crippen molar-refractivity contribution in [3.05, 3.63) is 36.5 Å². The van der Waals surface area contributed by atoms with Gasteiger partial charge in [0.15, 0.2) is 0 Å². The van der Waals surface area contributed by atoms with Crippen LogP contribution in [0.4, 0.5) is 26.3 Å². The number of fused-ring (bicyclic) bond motifs is 1. The van der Waals surface area contributed by atoms with Crippen molar-refractivity contribution < 1.29 is 55.5 Å². The Labute approximate surface area is 217 Å². The maximum absolute atomic E-state index is 12.6. The quantitative estimate of drug-likeness (QED) is 0.530. The fourth-order valence-electron chi connectivity index (χ4n) is 4.65. The fraction of sp³-hybridized carbons (Fsp3) is 0.591. The SMILES string of the molecule is CC(C)N1[C@H](Cn2cccn2)C[C@@H]2CN(C(=O)c3ccno3)CC[C@@H]21.O=C(O)C(F)(F)F.O=C(O)C(F)(F)F. The molecule has 39 heavy (non-hydrogen) atoms. The topological polar surface area (TPSA) is 142 Å². The zero-order valence-corrected chi connectivity index (χ0v) is 20.8. The highest BCUT2D eigenvalue weighted by Gasteiger charge is 2.46. The first-order valence-electron chi connectivity index (χ1n) is 11.6. The minimum Gasteiger partial charge on any atom is -0.475 e. The highest BCUT2D eigenvalue weighted by molar-refractivity contribution is 5.91. The van der Waals surface area contributed by atoms with Gasteiger partial charge in [-0.05, 0) is 38.7 Å². The van der Waals surface area contributed by atoms with Crippen LogP contribution in [-0.4, -0.2) is 96.4 Å². The summed E-state index contributed by atoms with van der Waals surface area (Å²) in [6.45, 7) is 7.02. The predicted octanol–water partition coefficient (Wildman–Crippen LogP) is 3.15. The van der Waals surface area contributed by atoms with E-state index >= 15 is 0 Å². The molecule has 0 unspecified atom stereocenters.